The Labute approximate surface area is 161 Å². The van der Waals surface area contributed by atoms with Crippen molar-refractivity contribution in [2.45, 2.75) is 25.1 Å². The molecule has 0 spiro atoms. The van der Waals surface area contributed by atoms with E-state index in [2.05, 4.69) is 5.32 Å². The number of hydrogen-bond acceptors (Lipinski definition) is 2. The molecule has 3 aromatic rings. The topological polar surface area (TPSA) is 38.3 Å². The Morgan fingerprint density at radius 2 is 1.57 bits per heavy atom. The molecular weight excluding hydrogens is 367 g/mol. The van der Waals surface area contributed by atoms with Crippen molar-refractivity contribution in [1.29, 1.82) is 0 Å². The molecule has 3 rings (SSSR count). The molecule has 0 fully saturated rings. The van der Waals surface area contributed by atoms with Crippen LogP contribution in [-0.2, 0) is 4.79 Å². The highest BCUT2D eigenvalue weighted by Crippen LogP contribution is 2.33. The molecule has 0 unspecified atom stereocenters. The molecule has 6 heteroatoms. The van der Waals surface area contributed by atoms with Gasteiger partial charge in [-0.15, -0.1) is 0 Å². The van der Waals surface area contributed by atoms with Crippen molar-refractivity contribution < 1.29 is 22.7 Å². The third-order valence-corrected chi connectivity index (χ3v) is 4.71. The van der Waals surface area contributed by atoms with Gasteiger partial charge in [-0.2, -0.15) is 13.2 Å². The lowest BCUT2D eigenvalue weighted by atomic mass is 9.96. The second-order valence-corrected chi connectivity index (χ2v) is 6.59. The maximum absolute atomic E-state index is 13.5. The summed E-state index contributed by atoms with van der Waals surface area (Å²) < 4.78 is 45.6. The van der Waals surface area contributed by atoms with Gasteiger partial charge in [-0.1, -0.05) is 54.6 Å². The van der Waals surface area contributed by atoms with Gasteiger partial charge in [0.1, 0.15) is 5.75 Å². The first kappa shape index (κ1) is 19.7. The highest BCUT2D eigenvalue weighted by Gasteiger charge is 2.42. The van der Waals surface area contributed by atoms with E-state index in [4.69, 9.17) is 4.74 Å². The van der Waals surface area contributed by atoms with Crippen molar-refractivity contribution >= 4 is 16.7 Å². The average Bonchev–Trinajstić information content (AvgIpc) is 2.70. The number of alkyl halides is 3. The summed E-state index contributed by atoms with van der Waals surface area (Å²) in [5, 5.41) is 3.96. The molecule has 28 heavy (non-hydrogen) atoms. The molecule has 146 valence electrons. The van der Waals surface area contributed by atoms with Crippen molar-refractivity contribution in [3.05, 3.63) is 77.9 Å². The minimum atomic E-state index is -4.59. The molecule has 0 aliphatic rings. The van der Waals surface area contributed by atoms with Crippen LogP contribution in [0, 0.1) is 0 Å². The van der Waals surface area contributed by atoms with Crippen LogP contribution in [0.1, 0.15) is 30.0 Å². The van der Waals surface area contributed by atoms with Gasteiger partial charge >= 0.3 is 6.18 Å². The van der Waals surface area contributed by atoms with Crippen LogP contribution in [0.25, 0.3) is 10.8 Å². The number of carbonyl (C=O) groups excluding carboxylic acids is 1. The van der Waals surface area contributed by atoms with Crippen LogP contribution < -0.4 is 10.1 Å². The average molecular weight is 387 g/mol. The lowest BCUT2D eigenvalue weighted by Crippen LogP contribution is -2.40. The summed E-state index contributed by atoms with van der Waals surface area (Å²) in [6.07, 6.45) is -4.59. The van der Waals surface area contributed by atoms with E-state index in [0.29, 0.717) is 11.3 Å². The van der Waals surface area contributed by atoms with Crippen LogP contribution in [0.3, 0.4) is 0 Å². The second kappa shape index (κ2) is 7.92. The maximum Gasteiger partial charge on any atom is 0.412 e. The van der Waals surface area contributed by atoms with Gasteiger partial charge in [-0.05, 0) is 41.0 Å². The molecule has 0 aromatic heterocycles. The molecule has 0 radical (unpaired) electrons. The number of nitrogens with one attached hydrogen (secondary N) is 1. The van der Waals surface area contributed by atoms with Crippen molar-refractivity contribution in [3.8, 4) is 5.75 Å². The molecule has 0 heterocycles. The first-order valence-corrected chi connectivity index (χ1v) is 8.79. The summed E-state index contributed by atoms with van der Waals surface area (Å²) in [7, 11) is 1.58. The van der Waals surface area contributed by atoms with E-state index in [0.717, 1.165) is 10.8 Å². The van der Waals surface area contributed by atoms with Gasteiger partial charge in [0, 0.05) is 0 Å². The highest BCUT2D eigenvalue weighted by atomic mass is 19.4. The Kier molecular flexibility index (Phi) is 5.58. The lowest BCUT2D eigenvalue weighted by molar-refractivity contribution is -0.163. The van der Waals surface area contributed by atoms with E-state index < -0.39 is 24.0 Å². The number of halogens is 3. The molecule has 1 amide bonds. The zero-order chi connectivity index (χ0) is 20.3. The Bertz CT molecular complexity index is 970. The van der Waals surface area contributed by atoms with Gasteiger partial charge in [-0.3, -0.25) is 4.79 Å². The summed E-state index contributed by atoms with van der Waals surface area (Å²) in [6.45, 7) is 1.60. The zero-order valence-corrected chi connectivity index (χ0v) is 15.5. The highest BCUT2D eigenvalue weighted by molar-refractivity contribution is 5.88. The fraction of sp³-hybridized carbons (Fsp3) is 0.227. The zero-order valence-electron chi connectivity index (χ0n) is 15.5. The number of carbonyl (C=O) groups is 1. The molecule has 3 aromatic carbocycles. The number of amides is 1. The number of fused-ring (bicyclic) bond motifs is 1. The Balaban J connectivity index is 1.84. The molecule has 2 atom stereocenters. The smallest absolute Gasteiger partial charge is 0.412 e. The minimum absolute atomic E-state index is 0.00107. The van der Waals surface area contributed by atoms with Gasteiger partial charge in [0.15, 0.2) is 6.04 Å². The fourth-order valence-electron chi connectivity index (χ4n) is 3.06. The largest absolute Gasteiger partial charge is 0.497 e. The Morgan fingerprint density at radius 1 is 0.929 bits per heavy atom. The number of rotatable bonds is 5. The third kappa shape index (κ3) is 4.27. The first-order valence-electron chi connectivity index (χ1n) is 8.79. The van der Waals surface area contributed by atoms with Crippen molar-refractivity contribution in [1.82, 2.24) is 5.32 Å². The SMILES string of the molecule is COc1ccc2cc([C@H](C)C(=O)N[C@H](c3ccccc3)C(F)(F)F)ccc2c1. The van der Waals surface area contributed by atoms with Gasteiger partial charge in [0.05, 0.1) is 13.0 Å². The van der Waals surface area contributed by atoms with E-state index >= 15 is 0 Å². The number of methoxy groups -OCH3 is 1. The van der Waals surface area contributed by atoms with E-state index in [1.165, 1.54) is 24.3 Å². The van der Waals surface area contributed by atoms with Gasteiger partial charge in [-0.25, -0.2) is 0 Å². The fourth-order valence-corrected chi connectivity index (χ4v) is 3.06. The second-order valence-electron chi connectivity index (χ2n) is 6.59. The van der Waals surface area contributed by atoms with Gasteiger partial charge in [0.25, 0.3) is 0 Å². The van der Waals surface area contributed by atoms with Crippen LogP contribution in [-0.4, -0.2) is 19.2 Å². The van der Waals surface area contributed by atoms with Crippen molar-refractivity contribution in [3.63, 3.8) is 0 Å². The molecule has 0 saturated carbocycles. The van der Waals surface area contributed by atoms with Crippen molar-refractivity contribution in [2.75, 3.05) is 7.11 Å². The summed E-state index contributed by atoms with van der Waals surface area (Å²) in [5.41, 5.74) is 0.644. The van der Waals surface area contributed by atoms with Gasteiger partial charge in [0.2, 0.25) is 5.91 Å². The van der Waals surface area contributed by atoms with Crippen LogP contribution in [0.15, 0.2) is 66.7 Å². The summed E-state index contributed by atoms with van der Waals surface area (Å²) in [5.74, 6) is -0.707. The standard InChI is InChI=1S/C22H20F3NO2/c1-14(16-8-9-18-13-19(28-2)11-10-17(18)12-16)21(27)26-20(22(23,24)25)15-6-4-3-5-7-15/h3-14,20H,1-2H3,(H,26,27)/t14-,20+/m0/s1. The van der Waals surface area contributed by atoms with Crippen molar-refractivity contribution in [2.24, 2.45) is 0 Å². The predicted octanol–water partition coefficient (Wildman–Crippen LogP) is 5.37. The number of ether oxygens (including phenoxy) is 1. The van der Waals surface area contributed by atoms with E-state index in [1.54, 1.807) is 32.2 Å². The molecule has 0 aliphatic carbocycles. The number of benzene rings is 3. The first-order chi connectivity index (χ1) is 13.3. The van der Waals surface area contributed by atoms with Gasteiger partial charge < -0.3 is 10.1 Å². The lowest BCUT2D eigenvalue weighted by Gasteiger charge is -2.24. The van der Waals surface area contributed by atoms with E-state index in [1.807, 2.05) is 24.3 Å². The molecule has 0 aliphatic heterocycles. The molecule has 1 N–H and O–H groups in total. The van der Waals surface area contributed by atoms with Crippen LogP contribution in [0.2, 0.25) is 0 Å². The van der Waals surface area contributed by atoms with E-state index in [9.17, 15) is 18.0 Å². The Morgan fingerprint density at radius 3 is 2.21 bits per heavy atom. The summed E-state index contributed by atoms with van der Waals surface area (Å²) in [4.78, 5) is 12.6. The minimum Gasteiger partial charge on any atom is -0.497 e. The molecule has 0 bridgehead atoms. The molecular formula is C22H20F3NO2. The third-order valence-electron chi connectivity index (χ3n) is 4.71. The molecule has 0 saturated heterocycles. The quantitative estimate of drug-likeness (QED) is 0.639. The normalized spacial score (nSPS) is 13.8. The Hall–Kier alpha value is -3.02. The van der Waals surface area contributed by atoms with Crippen LogP contribution in [0.5, 0.6) is 5.75 Å². The number of hydrogen-bond donors (Lipinski definition) is 1. The van der Waals surface area contributed by atoms with Crippen LogP contribution in [0.4, 0.5) is 13.2 Å². The predicted molar refractivity (Wildman–Crippen MR) is 102 cm³/mol. The molecule has 3 nitrogen and oxygen atoms in total. The summed E-state index contributed by atoms with van der Waals surface area (Å²) >= 11 is 0. The monoisotopic (exact) mass is 387 g/mol. The van der Waals surface area contributed by atoms with E-state index in [-0.39, 0.29) is 5.56 Å². The summed E-state index contributed by atoms with van der Waals surface area (Å²) in [6, 6.07) is 16.2. The van der Waals surface area contributed by atoms with Crippen LogP contribution >= 0.6 is 0 Å². The maximum atomic E-state index is 13.5.